The van der Waals surface area contributed by atoms with Gasteiger partial charge in [-0.3, -0.25) is 0 Å². The third-order valence-corrected chi connectivity index (χ3v) is 9.16. The van der Waals surface area contributed by atoms with Crippen molar-refractivity contribution < 1.29 is 15.9 Å². The average molecular weight is 887 g/mol. The summed E-state index contributed by atoms with van der Waals surface area (Å²) in [6.45, 7) is 0. The molecule has 134 valence electrons. The molecule has 3 aromatic carbocycles. The molecule has 0 unspecified atom stereocenters. The Labute approximate surface area is 201 Å². The van der Waals surface area contributed by atoms with Gasteiger partial charge in [-0.2, -0.15) is 7.20 Å². The fourth-order valence-electron chi connectivity index (χ4n) is 2.77. The summed E-state index contributed by atoms with van der Waals surface area (Å²) in [5, 5.41) is 0. The fourth-order valence-corrected chi connectivity index (χ4v) is 8.68. The summed E-state index contributed by atoms with van der Waals surface area (Å²) in [5.41, 5.74) is 4.34. The summed E-state index contributed by atoms with van der Waals surface area (Å²) in [4.78, 5) is 0. The first-order valence-corrected chi connectivity index (χ1v) is 44.0. The van der Waals surface area contributed by atoms with E-state index < -0.39 is 7.20 Å². The van der Waals surface area contributed by atoms with Crippen molar-refractivity contribution in [3.63, 3.8) is 0 Å². The van der Waals surface area contributed by atoms with Crippen molar-refractivity contribution in [3.8, 4) is 0 Å². The molecule has 0 fully saturated rings. The molecule has 3 rings (SSSR count). The number of rotatable bonds is 6. The molecule has 0 nitrogen and oxygen atoms in total. The number of hydrogen-bond acceptors (Lipinski definition) is 0. The van der Waals surface area contributed by atoms with Gasteiger partial charge in [0.2, 0.25) is 0 Å². The van der Waals surface area contributed by atoms with Crippen molar-refractivity contribution in [1.29, 1.82) is 0 Å². The SMILES string of the molecule is IS(Cc1ccccc1)(Cc1ccccc1)Cc1ccccc1.[I][Hg][I]. The van der Waals surface area contributed by atoms with Crippen LogP contribution in [0.25, 0.3) is 0 Å². The number of halogens is 3. The molecule has 0 heterocycles. The van der Waals surface area contributed by atoms with Gasteiger partial charge in [0, 0.05) is 17.3 Å². The van der Waals surface area contributed by atoms with Gasteiger partial charge < -0.3 is 0 Å². The van der Waals surface area contributed by atoms with Crippen LogP contribution in [-0.4, -0.2) is 0 Å². The van der Waals surface area contributed by atoms with E-state index >= 15 is 0 Å². The summed E-state index contributed by atoms with van der Waals surface area (Å²) in [6.07, 6.45) is 0. The monoisotopic (exact) mass is 888 g/mol. The van der Waals surface area contributed by atoms with Gasteiger partial charge in [0.05, 0.1) is 0 Å². The van der Waals surface area contributed by atoms with E-state index in [4.69, 9.17) is 0 Å². The van der Waals surface area contributed by atoms with Crippen LogP contribution in [0.2, 0.25) is 0 Å². The van der Waals surface area contributed by atoms with Gasteiger partial charge in [0.25, 0.3) is 0 Å². The van der Waals surface area contributed by atoms with Gasteiger partial charge >= 0.3 is 51.2 Å². The van der Waals surface area contributed by atoms with Crippen LogP contribution >= 0.6 is 63.7 Å². The molecule has 0 saturated heterocycles. The Kier molecular flexibility index (Phi) is 12.0. The number of hydrogen-bond donors (Lipinski definition) is 0. The van der Waals surface area contributed by atoms with E-state index in [0.717, 1.165) is 17.3 Å². The Hall–Kier alpha value is 1.14. The predicted octanol–water partition coefficient (Wildman–Crippen LogP) is 8.51. The molecule has 0 aliphatic rings. The summed E-state index contributed by atoms with van der Waals surface area (Å²) >= 11 is 7.62. The first kappa shape index (κ1) is 23.4. The van der Waals surface area contributed by atoms with Gasteiger partial charge in [-0.1, -0.05) is 91.0 Å². The zero-order valence-corrected chi connectivity index (χ0v) is 27.3. The minimum absolute atomic E-state index is 0.143. The van der Waals surface area contributed by atoms with E-state index in [-0.39, 0.29) is 15.9 Å². The van der Waals surface area contributed by atoms with Crippen molar-refractivity contribution in [3.05, 3.63) is 108 Å². The molecule has 0 aliphatic heterocycles. The molecule has 26 heavy (non-hydrogen) atoms. The third kappa shape index (κ3) is 9.09. The quantitative estimate of drug-likeness (QED) is 0.172. The molecule has 0 atom stereocenters. The second kappa shape index (κ2) is 13.4. The van der Waals surface area contributed by atoms with Crippen LogP contribution in [0.3, 0.4) is 0 Å². The molecule has 0 saturated carbocycles. The van der Waals surface area contributed by atoms with E-state index in [1.807, 2.05) is 0 Å². The van der Waals surface area contributed by atoms with Crippen LogP contribution in [0.5, 0.6) is 0 Å². The van der Waals surface area contributed by atoms with Gasteiger partial charge in [-0.05, 0) is 37.9 Å². The van der Waals surface area contributed by atoms with Crippen LogP contribution < -0.4 is 0 Å². The summed E-state index contributed by atoms with van der Waals surface area (Å²) in [5.74, 6) is 3.49. The third-order valence-electron chi connectivity index (χ3n) is 3.80. The van der Waals surface area contributed by atoms with E-state index in [1.165, 1.54) is 16.7 Å². The zero-order chi connectivity index (χ0) is 18.7. The second-order valence-electron chi connectivity index (χ2n) is 5.93. The van der Waals surface area contributed by atoms with Gasteiger partial charge in [0.1, 0.15) is 0 Å². The van der Waals surface area contributed by atoms with Gasteiger partial charge in [-0.15, -0.1) is 0 Å². The molecule has 0 radical (unpaired) electrons. The Morgan fingerprint density at radius 3 is 1.00 bits per heavy atom. The molecule has 3 aromatic rings. The molecular weight excluding hydrogens is 866 g/mol. The van der Waals surface area contributed by atoms with Crippen molar-refractivity contribution in [2.45, 2.75) is 17.3 Å². The van der Waals surface area contributed by atoms with E-state index in [1.54, 1.807) is 0 Å². The van der Waals surface area contributed by atoms with Gasteiger partial charge in [-0.25, -0.2) is 0 Å². The molecule has 0 aliphatic carbocycles. The van der Waals surface area contributed by atoms with E-state index in [2.05, 4.69) is 148 Å². The maximum atomic E-state index is 2.77. The molecule has 5 heteroatoms. The average Bonchev–Trinajstić information content (AvgIpc) is 2.64. The van der Waals surface area contributed by atoms with Crippen LogP contribution in [0.4, 0.5) is 0 Å². The molecule has 0 amide bonds. The van der Waals surface area contributed by atoms with Crippen molar-refractivity contribution in [1.82, 2.24) is 0 Å². The van der Waals surface area contributed by atoms with Gasteiger partial charge in [0.15, 0.2) is 0 Å². The predicted molar refractivity (Wildman–Crippen MR) is 140 cm³/mol. The first-order valence-electron chi connectivity index (χ1n) is 8.35. The van der Waals surface area contributed by atoms with Crippen LogP contribution in [0.1, 0.15) is 16.7 Å². The summed E-state index contributed by atoms with van der Waals surface area (Å²) in [7, 11) is -0.828. The van der Waals surface area contributed by atoms with E-state index in [0.29, 0.717) is 0 Å². The molecular formula is C21H21HgI3S. The number of benzene rings is 3. The molecule has 0 bridgehead atoms. The Bertz CT molecular complexity index is 638. The van der Waals surface area contributed by atoms with Crippen LogP contribution in [0, 0.1) is 0 Å². The fraction of sp³-hybridized carbons (Fsp3) is 0.143. The molecule has 0 spiro atoms. The van der Waals surface area contributed by atoms with Crippen molar-refractivity contribution in [2.75, 3.05) is 0 Å². The Morgan fingerprint density at radius 2 is 0.769 bits per heavy atom. The molecule has 0 N–H and O–H groups in total. The zero-order valence-electron chi connectivity index (χ0n) is 14.5. The minimum atomic E-state index is -0.828. The van der Waals surface area contributed by atoms with Crippen LogP contribution in [0.15, 0.2) is 91.0 Å². The maximum absolute atomic E-state index is 2.77. The standard InChI is InChI=1S/C21H21IS.Hg.2HI/c22-23(16-19-10-4-1-5-11-19,17-20-12-6-2-7-13-20)18-21-14-8-3-9-15-21;;;/h1-15H,16-18H2;;2*1H/q;+2;;/p-2. The molecule has 0 aromatic heterocycles. The summed E-state index contributed by atoms with van der Waals surface area (Å²) < 4.78 is 0. The van der Waals surface area contributed by atoms with Crippen molar-refractivity contribution >= 4 is 63.7 Å². The topological polar surface area (TPSA) is 0 Å². The van der Waals surface area contributed by atoms with Crippen LogP contribution in [-0.2, 0) is 33.2 Å². The normalized spacial score (nSPS) is 11.0. The van der Waals surface area contributed by atoms with E-state index in [9.17, 15) is 0 Å². The Balaban J connectivity index is 0.000000758. The first-order chi connectivity index (χ1) is 12.6. The van der Waals surface area contributed by atoms with Crippen molar-refractivity contribution in [2.24, 2.45) is 0 Å². The second-order valence-corrected chi connectivity index (χ2v) is 54.1. The summed E-state index contributed by atoms with van der Waals surface area (Å²) in [6, 6.07) is 32.8. The Morgan fingerprint density at radius 1 is 0.538 bits per heavy atom.